The van der Waals surface area contributed by atoms with Gasteiger partial charge in [0.15, 0.2) is 0 Å². The van der Waals surface area contributed by atoms with Gasteiger partial charge in [-0.3, -0.25) is 14.5 Å². The molecule has 25 heavy (non-hydrogen) atoms. The number of amides is 2. The SMILES string of the molecule is CN1CC[C@@H](N2CCC(NC(=O)c3cccc4ccsc34)CC2)C1=O. The molecule has 0 bridgehead atoms. The summed E-state index contributed by atoms with van der Waals surface area (Å²) in [6.45, 7) is 2.60. The van der Waals surface area contributed by atoms with Crippen LogP contribution in [0.2, 0.25) is 0 Å². The van der Waals surface area contributed by atoms with Crippen LogP contribution in [0.4, 0.5) is 0 Å². The molecule has 0 saturated carbocycles. The molecule has 132 valence electrons. The molecular weight excluding hydrogens is 334 g/mol. The molecule has 2 amide bonds. The molecule has 1 aromatic carbocycles. The highest BCUT2D eigenvalue weighted by atomic mass is 32.1. The Morgan fingerprint density at radius 2 is 1.96 bits per heavy atom. The highest BCUT2D eigenvalue weighted by Crippen LogP contribution is 2.25. The number of likely N-dealkylation sites (N-methyl/N-ethyl adjacent to an activating group) is 1. The molecule has 0 radical (unpaired) electrons. The zero-order chi connectivity index (χ0) is 17.4. The van der Waals surface area contributed by atoms with Crippen molar-refractivity contribution in [1.82, 2.24) is 15.1 Å². The molecule has 0 unspecified atom stereocenters. The predicted octanol–water partition coefficient (Wildman–Crippen LogP) is 2.33. The molecule has 1 N–H and O–H groups in total. The van der Waals surface area contributed by atoms with Gasteiger partial charge in [0.05, 0.1) is 11.6 Å². The number of rotatable bonds is 3. The van der Waals surface area contributed by atoms with Crippen LogP contribution in [-0.4, -0.2) is 60.4 Å². The first-order valence-electron chi connectivity index (χ1n) is 8.89. The zero-order valence-electron chi connectivity index (χ0n) is 14.4. The van der Waals surface area contributed by atoms with Crippen LogP contribution in [0.25, 0.3) is 10.1 Å². The van der Waals surface area contributed by atoms with Gasteiger partial charge in [-0.25, -0.2) is 0 Å². The topological polar surface area (TPSA) is 52.6 Å². The number of thiophene rings is 1. The Bertz CT molecular complexity index is 795. The molecule has 2 fully saturated rings. The van der Waals surface area contributed by atoms with E-state index in [4.69, 9.17) is 0 Å². The van der Waals surface area contributed by atoms with Crippen LogP contribution in [0.3, 0.4) is 0 Å². The Balaban J connectivity index is 1.36. The summed E-state index contributed by atoms with van der Waals surface area (Å²) in [4.78, 5) is 28.9. The summed E-state index contributed by atoms with van der Waals surface area (Å²) < 4.78 is 1.05. The molecule has 2 saturated heterocycles. The van der Waals surface area contributed by atoms with Crippen molar-refractivity contribution in [3.63, 3.8) is 0 Å². The van der Waals surface area contributed by atoms with E-state index in [0.29, 0.717) is 0 Å². The van der Waals surface area contributed by atoms with Gasteiger partial charge in [-0.1, -0.05) is 12.1 Å². The third-order valence-corrected chi connectivity index (χ3v) is 6.39. The predicted molar refractivity (Wildman–Crippen MR) is 99.9 cm³/mol. The first-order chi connectivity index (χ1) is 12.1. The van der Waals surface area contributed by atoms with Crippen LogP contribution in [0.1, 0.15) is 29.6 Å². The van der Waals surface area contributed by atoms with E-state index in [9.17, 15) is 9.59 Å². The largest absolute Gasteiger partial charge is 0.349 e. The van der Waals surface area contributed by atoms with Gasteiger partial charge in [0.2, 0.25) is 5.91 Å². The van der Waals surface area contributed by atoms with Gasteiger partial charge in [0, 0.05) is 37.4 Å². The molecule has 5 nitrogen and oxygen atoms in total. The zero-order valence-corrected chi connectivity index (χ0v) is 15.2. The number of benzene rings is 1. The van der Waals surface area contributed by atoms with Crippen molar-refractivity contribution in [1.29, 1.82) is 0 Å². The van der Waals surface area contributed by atoms with E-state index in [1.165, 1.54) is 0 Å². The fourth-order valence-electron chi connectivity index (χ4n) is 3.93. The Labute approximate surface area is 151 Å². The number of nitrogens with one attached hydrogen (secondary N) is 1. The van der Waals surface area contributed by atoms with Gasteiger partial charge in [0.25, 0.3) is 5.91 Å². The Kier molecular flexibility index (Phi) is 4.48. The third kappa shape index (κ3) is 3.16. The summed E-state index contributed by atoms with van der Waals surface area (Å²) in [7, 11) is 1.88. The lowest BCUT2D eigenvalue weighted by atomic mass is 10.0. The second-order valence-corrected chi connectivity index (χ2v) is 7.91. The lowest BCUT2D eigenvalue weighted by Crippen LogP contribution is -2.50. The van der Waals surface area contributed by atoms with Crippen molar-refractivity contribution in [2.45, 2.75) is 31.3 Å². The maximum absolute atomic E-state index is 12.7. The molecule has 1 atom stereocenters. The summed E-state index contributed by atoms with van der Waals surface area (Å²) in [6.07, 6.45) is 2.73. The van der Waals surface area contributed by atoms with Crippen LogP contribution in [0.15, 0.2) is 29.6 Å². The molecule has 0 aliphatic carbocycles. The van der Waals surface area contributed by atoms with Crippen LogP contribution < -0.4 is 5.32 Å². The van der Waals surface area contributed by atoms with Crippen molar-refractivity contribution in [2.75, 3.05) is 26.7 Å². The van der Waals surface area contributed by atoms with Crippen LogP contribution in [0, 0.1) is 0 Å². The van der Waals surface area contributed by atoms with E-state index in [2.05, 4.69) is 10.2 Å². The fourth-order valence-corrected chi connectivity index (χ4v) is 4.84. The van der Waals surface area contributed by atoms with Gasteiger partial charge < -0.3 is 10.2 Å². The number of piperidine rings is 1. The first-order valence-corrected chi connectivity index (χ1v) is 9.77. The Morgan fingerprint density at radius 3 is 2.68 bits per heavy atom. The van der Waals surface area contributed by atoms with Gasteiger partial charge in [-0.15, -0.1) is 11.3 Å². The smallest absolute Gasteiger partial charge is 0.252 e. The molecule has 2 aliphatic heterocycles. The third-order valence-electron chi connectivity index (χ3n) is 5.43. The van der Waals surface area contributed by atoms with Gasteiger partial charge in [-0.2, -0.15) is 0 Å². The maximum atomic E-state index is 12.7. The lowest BCUT2D eigenvalue weighted by Gasteiger charge is -2.35. The van der Waals surface area contributed by atoms with Crippen molar-refractivity contribution in [3.8, 4) is 0 Å². The Morgan fingerprint density at radius 1 is 1.16 bits per heavy atom. The number of carbonyl (C=O) groups is 2. The van der Waals surface area contributed by atoms with Crippen molar-refractivity contribution in [2.24, 2.45) is 0 Å². The quantitative estimate of drug-likeness (QED) is 0.917. The van der Waals surface area contributed by atoms with Gasteiger partial charge in [0.1, 0.15) is 0 Å². The van der Waals surface area contributed by atoms with Gasteiger partial charge in [-0.05, 0) is 42.2 Å². The number of fused-ring (bicyclic) bond motifs is 1. The summed E-state index contributed by atoms with van der Waals surface area (Å²) in [5.41, 5.74) is 0.766. The minimum absolute atomic E-state index is 0.0168. The number of carbonyl (C=O) groups excluding carboxylic acids is 2. The number of hydrogen-bond acceptors (Lipinski definition) is 4. The van der Waals surface area contributed by atoms with E-state index in [-0.39, 0.29) is 23.9 Å². The van der Waals surface area contributed by atoms with E-state index >= 15 is 0 Å². The van der Waals surface area contributed by atoms with E-state index in [1.807, 2.05) is 41.6 Å². The van der Waals surface area contributed by atoms with E-state index in [1.54, 1.807) is 11.3 Å². The second-order valence-electron chi connectivity index (χ2n) is 6.99. The highest BCUT2D eigenvalue weighted by molar-refractivity contribution is 7.17. The van der Waals surface area contributed by atoms with Gasteiger partial charge >= 0.3 is 0 Å². The van der Waals surface area contributed by atoms with Crippen molar-refractivity contribution in [3.05, 3.63) is 35.2 Å². The molecule has 3 heterocycles. The standard InChI is InChI=1S/C19H23N3O2S/c1-21-9-7-16(19(21)24)22-10-5-14(6-11-22)20-18(23)15-4-2-3-13-8-12-25-17(13)15/h2-4,8,12,14,16H,5-7,9-11H2,1H3,(H,20,23)/t16-/m1/s1. The first kappa shape index (κ1) is 16.5. The highest BCUT2D eigenvalue weighted by Gasteiger charge is 2.35. The average Bonchev–Trinajstić information content (AvgIpc) is 3.23. The van der Waals surface area contributed by atoms with Crippen molar-refractivity contribution >= 4 is 33.2 Å². The molecule has 4 rings (SSSR count). The minimum atomic E-state index is 0.0168. The van der Waals surface area contributed by atoms with E-state index < -0.39 is 0 Å². The molecule has 1 aromatic heterocycles. The summed E-state index contributed by atoms with van der Waals surface area (Å²) in [5, 5.41) is 6.34. The minimum Gasteiger partial charge on any atom is -0.349 e. The fraction of sp³-hybridized carbons (Fsp3) is 0.474. The molecule has 0 spiro atoms. The number of nitrogens with zero attached hydrogens (tertiary/aromatic N) is 2. The number of hydrogen-bond donors (Lipinski definition) is 1. The van der Waals surface area contributed by atoms with Crippen LogP contribution in [0.5, 0.6) is 0 Å². The molecule has 6 heteroatoms. The molecule has 2 aromatic rings. The normalized spacial score (nSPS) is 22.7. The lowest BCUT2D eigenvalue weighted by molar-refractivity contribution is -0.131. The van der Waals surface area contributed by atoms with Crippen LogP contribution >= 0.6 is 11.3 Å². The monoisotopic (exact) mass is 357 g/mol. The summed E-state index contributed by atoms with van der Waals surface area (Å²) in [5.74, 6) is 0.259. The van der Waals surface area contributed by atoms with Crippen molar-refractivity contribution < 1.29 is 9.59 Å². The Hall–Kier alpha value is -1.92. The molecule has 2 aliphatic rings. The summed E-state index contributed by atoms with van der Waals surface area (Å²) >= 11 is 1.61. The van der Waals surface area contributed by atoms with Crippen LogP contribution in [-0.2, 0) is 4.79 Å². The van der Waals surface area contributed by atoms with E-state index in [0.717, 1.165) is 54.5 Å². The average molecular weight is 357 g/mol. The second kappa shape index (κ2) is 6.77. The number of likely N-dealkylation sites (tertiary alicyclic amines) is 2. The molecular formula is C19H23N3O2S. The summed E-state index contributed by atoms with van der Waals surface area (Å²) in [6, 6.07) is 8.15. The maximum Gasteiger partial charge on any atom is 0.252 e.